The molecule has 24 heavy (non-hydrogen) atoms. The van der Waals surface area contributed by atoms with Gasteiger partial charge in [-0.05, 0) is 64.0 Å². The lowest BCUT2D eigenvalue weighted by Crippen LogP contribution is -2.33. The Bertz CT molecular complexity index is 452. The Morgan fingerprint density at radius 3 is 2.08 bits per heavy atom. The van der Waals surface area contributed by atoms with Crippen LogP contribution in [0.2, 0.25) is 0 Å². The quantitative estimate of drug-likeness (QED) is 0.630. The SMILES string of the molecule is O=C1C[C@H](c2ccccc2)NCCCNCCCCNCCCN1. The van der Waals surface area contributed by atoms with Gasteiger partial charge in [-0.15, -0.1) is 0 Å². The number of hydrogen-bond donors (Lipinski definition) is 4. The molecule has 2 rings (SSSR count). The Morgan fingerprint density at radius 1 is 0.750 bits per heavy atom. The van der Waals surface area contributed by atoms with E-state index >= 15 is 0 Å². The van der Waals surface area contributed by atoms with Crippen molar-refractivity contribution in [3.8, 4) is 0 Å². The predicted molar refractivity (Wildman–Crippen MR) is 99.0 cm³/mol. The van der Waals surface area contributed by atoms with Gasteiger partial charge in [0, 0.05) is 19.0 Å². The Kier molecular flexibility index (Phi) is 9.46. The fraction of sp³-hybridized carbons (Fsp3) is 0.632. The van der Waals surface area contributed by atoms with Gasteiger partial charge in [0.2, 0.25) is 5.91 Å². The van der Waals surface area contributed by atoms with E-state index in [1.165, 1.54) is 18.4 Å². The molecular formula is C19H32N4O. The van der Waals surface area contributed by atoms with E-state index in [4.69, 9.17) is 0 Å². The minimum absolute atomic E-state index is 0.0833. The molecule has 0 saturated carbocycles. The molecule has 1 saturated heterocycles. The highest BCUT2D eigenvalue weighted by molar-refractivity contribution is 5.76. The van der Waals surface area contributed by atoms with Gasteiger partial charge in [0.05, 0.1) is 0 Å². The van der Waals surface area contributed by atoms with Gasteiger partial charge >= 0.3 is 0 Å². The first-order valence-electron chi connectivity index (χ1n) is 9.33. The largest absolute Gasteiger partial charge is 0.356 e. The summed E-state index contributed by atoms with van der Waals surface area (Å²) in [6, 6.07) is 10.3. The fourth-order valence-corrected chi connectivity index (χ4v) is 2.93. The molecule has 5 nitrogen and oxygen atoms in total. The fourth-order valence-electron chi connectivity index (χ4n) is 2.93. The molecule has 1 aromatic carbocycles. The normalized spacial score (nSPS) is 23.2. The van der Waals surface area contributed by atoms with Crippen LogP contribution in [0.1, 0.15) is 43.7 Å². The maximum atomic E-state index is 12.2. The van der Waals surface area contributed by atoms with Crippen LogP contribution in [-0.4, -0.2) is 45.2 Å². The summed E-state index contributed by atoms with van der Waals surface area (Å²) in [6.07, 6.45) is 4.96. The summed E-state index contributed by atoms with van der Waals surface area (Å²) < 4.78 is 0. The van der Waals surface area contributed by atoms with Gasteiger partial charge < -0.3 is 21.3 Å². The minimum atomic E-state index is 0.0833. The van der Waals surface area contributed by atoms with Crippen LogP contribution in [0.15, 0.2) is 30.3 Å². The average molecular weight is 332 g/mol. The van der Waals surface area contributed by atoms with E-state index in [0.717, 1.165) is 52.1 Å². The summed E-state index contributed by atoms with van der Waals surface area (Å²) in [5, 5.41) is 13.5. The number of carbonyl (C=O) groups excluding carboxylic acids is 1. The smallest absolute Gasteiger partial charge is 0.221 e. The van der Waals surface area contributed by atoms with Crippen molar-refractivity contribution in [2.75, 3.05) is 39.3 Å². The minimum Gasteiger partial charge on any atom is -0.356 e. The van der Waals surface area contributed by atoms with Crippen LogP contribution in [0.5, 0.6) is 0 Å². The van der Waals surface area contributed by atoms with Crippen molar-refractivity contribution in [1.29, 1.82) is 0 Å². The monoisotopic (exact) mass is 332 g/mol. The summed E-state index contributed by atoms with van der Waals surface area (Å²) in [7, 11) is 0. The van der Waals surface area contributed by atoms with Crippen molar-refractivity contribution < 1.29 is 4.79 Å². The van der Waals surface area contributed by atoms with E-state index in [2.05, 4.69) is 33.4 Å². The summed E-state index contributed by atoms with van der Waals surface area (Å²) in [5.41, 5.74) is 1.18. The topological polar surface area (TPSA) is 65.2 Å². The third-order valence-electron chi connectivity index (χ3n) is 4.32. The highest BCUT2D eigenvalue weighted by Crippen LogP contribution is 2.16. The van der Waals surface area contributed by atoms with E-state index < -0.39 is 0 Å². The highest BCUT2D eigenvalue weighted by atomic mass is 16.1. The molecule has 1 atom stereocenters. The molecule has 1 heterocycles. The molecule has 0 aromatic heterocycles. The number of rotatable bonds is 1. The zero-order valence-corrected chi connectivity index (χ0v) is 14.7. The molecular weight excluding hydrogens is 300 g/mol. The molecule has 1 aliphatic heterocycles. The first-order chi connectivity index (χ1) is 11.9. The summed E-state index contributed by atoms with van der Waals surface area (Å²) >= 11 is 0. The Morgan fingerprint density at radius 2 is 1.38 bits per heavy atom. The second-order valence-corrected chi connectivity index (χ2v) is 6.39. The van der Waals surface area contributed by atoms with Crippen LogP contribution in [0.4, 0.5) is 0 Å². The lowest BCUT2D eigenvalue weighted by molar-refractivity contribution is -0.121. The van der Waals surface area contributed by atoms with E-state index in [1.807, 2.05) is 18.2 Å². The second kappa shape index (κ2) is 12.0. The van der Waals surface area contributed by atoms with Crippen LogP contribution in [0.3, 0.4) is 0 Å². The van der Waals surface area contributed by atoms with Gasteiger partial charge in [-0.1, -0.05) is 30.3 Å². The van der Waals surface area contributed by atoms with Gasteiger partial charge in [0.15, 0.2) is 0 Å². The van der Waals surface area contributed by atoms with Crippen molar-refractivity contribution in [3.05, 3.63) is 35.9 Å². The van der Waals surface area contributed by atoms with Crippen molar-refractivity contribution in [1.82, 2.24) is 21.3 Å². The molecule has 1 aliphatic rings. The molecule has 134 valence electrons. The molecule has 0 bridgehead atoms. The Hall–Kier alpha value is -1.43. The lowest BCUT2D eigenvalue weighted by Gasteiger charge is -2.19. The van der Waals surface area contributed by atoms with Crippen molar-refractivity contribution in [2.45, 2.75) is 38.1 Å². The number of carbonyl (C=O) groups is 1. The van der Waals surface area contributed by atoms with Crippen LogP contribution < -0.4 is 21.3 Å². The standard InChI is InChI=1S/C19H32N4O/c24-19-16-18(17-8-2-1-3-9-17)22-14-6-12-20-10-4-5-11-21-13-7-15-23-19/h1-3,8-9,18,20-22H,4-7,10-16H2,(H,23,24)/t18-/m1/s1. The first kappa shape index (κ1) is 18.9. The van der Waals surface area contributed by atoms with Gasteiger partial charge in [0.1, 0.15) is 0 Å². The molecule has 1 fully saturated rings. The van der Waals surface area contributed by atoms with Gasteiger partial charge in [-0.3, -0.25) is 4.79 Å². The zero-order chi connectivity index (χ0) is 16.9. The Labute approximate surface area is 146 Å². The van der Waals surface area contributed by atoms with E-state index in [0.29, 0.717) is 6.42 Å². The lowest BCUT2D eigenvalue weighted by atomic mass is 10.0. The second-order valence-electron chi connectivity index (χ2n) is 6.39. The van der Waals surface area contributed by atoms with Gasteiger partial charge in [-0.2, -0.15) is 0 Å². The molecule has 1 aromatic rings. The van der Waals surface area contributed by atoms with Crippen LogP contribution >= 0.6 is 0 Å². The third-order valence-corrected chi connectivity index (χ3v) is 4.32. The molecule has 4 N–H and O–H groups in total. The van der Waals surface area contributed by atoms with E-state index in [9.17, 15) is 4.79 Å². The van der Waals surface area contributed by atoms with Crippen molar-refractivity contribution in [2.24, 2.45) is 0 Å². The van der Waals surface area contributed by atoms with E-state index in [-0.39, 0.29) is 11.9 Å². The van der Waals surface area contributed by atoms with E-state index in [1.54, 1.807) is 0 Å². The average Bonchev–Trinajstić information content (AvgIpc) is 2.61. The molecule has 0 spiro atoms. The van der Waals surface area contributed by atoms with Crippen molar-refractivity contribution >= 4 is 5.91 Å². The third kappa shape index (κ3) is 7.90. The molecule has 5 heteroatoms. The summed E-state index contributed by atoms with van der Waals surface area (Å²) in [6.45, 7) is 5.80. The number of nitrogens with one attached hydrogen (secondary N) is 4. The maximum Gasteiger partial charge on any atom is 0.221 e. The number of hydrogen-bond acceptors (Lipinski definition) is 4. The highest BCUT2D eigenvalue weighted by Gasteiger charge is 2.15. The van der Waals surface area contributed by atoms with Crippen LogP contribution in [0, 0.1) is 0 Å². The van der Waals surface area contributed by atoms with Crippen LogP contribution in [0.25, 0.3) is 0 Å². The van der Waals surface area contributed by atoms with Crippen molar-refractivity contribution in [3.63, 3.8) is 0 Å². The molecule has 0 unspecified atom stereocenters. The zero-order valence-electron chi connectivity index (χ0n) is 14.7. The summed E-state index contributed by atoms with van der Waals surface area (Å²) in [4.78, 5) is 12.2. The number of amides is 1. The molecule has 0 aliphatic carbocycles. The van der Waals surface area contributed by atoms with Gasteiger partial charge in [-0.25, -0.2) is 0 Å². The predicted octanol–water partition coefficient (Wildman–Crippen LogP) is 1.58. The number of benzene rings is 1. The molecule has 0 radical (unpaired) electrons. The Balaban J connectivity index is 1.87. The first-order valence-corrected chi connectivity index (χ1v) is 9.33. The summed E-state index contributed by atoms with van der Waals surface area (Å²) in [5.74, 6) is 0.124. The van der Waals surface area contributed by atoms with Gasteiger partial charge in [0.25, 0.3) is 0 Å². The molecule has 1 amide bonds. The maximum absolute atomic E-state index is 12.2. The van der Waals surface area contributed by atoms with Crippen LogP contribution in [-0.2, 0) is 4.79 Å².